The van der Waals surface area contributed by atoms with Gasteiger partial charge < -0.3 is 10.0 Å². The molecule has 1 heterocycles. The maximum absolute atomic E-state index is 13.8. The number of aryl methyl sites for hydroxylation is 1. The molecule has 0 unspecified atom stereocenters. The average Bonchev–Trinajstić information content (AvgIpc) is 2.96. The smallest absolute Gasteiger partial charge is 0.264 e. The van der Waals surface area contributed by atoms with Crippen LogP contribution >= 0.6 is 11.6 Å². The van der Waals surface area contributed by atoms with Crippen molar-refractivity contribution < 1.29 is 14.7 Å². The fourth-order valence-electron chi connectivity index (χ4n) is 7.60. The van der Waals surface area contributed by atoms with Gasteiger partial charge in [-0.25, -0.2) is 0 Å². The summed E-state index contributed by atoms with van der Waals surface area (Å²) in [4.78, 5) is 29.2. The van der Waals surface area contributed by atoms with E-state index in [0.29, 0.717) is 40.6 Å². The fraction of sp³-hybridized carbons (Fsp3) is 0.500. The van der Waals surface area contributed by atoms with Crippen molar-refractivity contribution in [1.82, 2.24) is 0 Å². The Bertz CT molecular complexity index is 1110. The lowest BCUT2D eigenvalue weighted by atomic mass is 9.48. The Balaban J connectivity index is 1.33. The molecule has 1 N–H and O–H groups in total. The third-order valence-electron chi connectivity index (χ3n) is 8.80. The Labute approximate surface area is 199 Å². The Hall–Kier alpha value is -2.17. The largest absolute Gasteiger partial charge is 0.375 e. The molecule has 5 aliphatic rings. The normalized spacial score (nSPS) is 34.1. The van der Waals surface area contributed by atoms with Crippen LogP contribution in [0.25, 0.3) is 0 Å². The minimum Gasteiger partial charge on any atom is -0.375 e. The van der Waals surface area contributed by atoms with Gasteiger partial charge in [0, 0.05) is 22.4 Å². The molecule has 1 atom stereocenters. The van der Waals surface area contributed by atoms with Crippen molar-refractivity contribution in [2.24, 2.45) is 23.2 Å². The standard InChI is InChI=1S/C28H30ClNO3/c1-17-2-4-18(5-3-17)16-30-24-7-6-22(29)11-23(24)28(33,26(30)32)15-25(31)27-12-19-8-20(13-27)10-21(9-19)14-27/h2-7,11,19-21,33H,8-10,12-16H2,1H3/t19?,20?,21?,27?,28-/m0/s1. The van der Waals surface area contributed by atoms with E-state index < -0.39 is 11.5 Å². The van der Waals surface area contributed by atoms with Gasteiger partial charge in [0.2, 0.25) is 0 Å². The number of hydrogen-bond acceptors (Lipinski definition) is 3. The lowest BCUT2D eigenvalue weighted by molar-refractivity contribution is -0.154. The van der Waals surface area contributed by atoms with Crippen molar-refractivity contribution >= 4 is 29.0 Å². The van der Waals surface area contributed by atoms with Crippen LogP contribution in [0.5, 0.6) is 0 Å². The Morgan fingerprint density at radius 3 is 2.24 bits per heavy atom. The second-order valence-electron chi connectivity index (χ2n) is 11.2. The van der Waals surface area contributed by atoms with Crippen LogP contribution in [0.15, 0.2) is 42.5 Å². The second-order valence-corrected chi connectivity index (χ2v) is 11.6. The number of hydrogen-bond donors (Lipinski definition) is 1. The van der Waals surface area contributed by atoms with Crippen molar-refractivity contribution in [2.75, 3.05) is 4.90 Å². The summed E-state index contributed by atoms with van der Waals surface area (Å²) in [6, 6.07) is 13.2. The van der Waals surface area contributed by atoms with Crippen molar-refractivity contribution in [3.05, 3.63) is 64.2 Å². The van der Waals surface area contributed by atoms with E-state index in [0.717, 1.165) is 30.4 Å². The van der Waals surface area contributed by atoms with Gasteiger partial charge in [0.25, 0.3) is 5.91 Å². The molecule has 0 spiro atoms. The van der Waals surface area contributed by atoms with Gasteiger partial charge in [0.15, 0.2) is 5.60 Å². The SMILES string of the molecule is Cc1ccc(CN2C(=O)[C@](O)(CC(=O)C34CC5CC(CC(C5)C3)C4)c3cc(Cl)ccc32)cc1. The number of halogens is 1. The molecule has 1 amide bonds. The van der Waals surface area contributed by atoms with E-state index in [-0.39, 0.29) is 17.6 Å². The predicted molar refractivity (Wildman–Crippen MR) is 128 cm³/mol. The number of rotatable bonds is 5. The van der Waals surface area contributed by atoms with Crippen LogP contribution in [-0.4, -0.2) is 16.8 Å². The molecule has 2 aromatic rings. The van der Waals surface area contributed by atoms with Gasteiger partial charge in [-0.1, -0.05) is 41.4 Å². The van der Waals surface area contributed by atoms with Gasteiger partial charge in [-0.2, -0.15) is 0 Å². The van der Waals surface area contributed by atoms with Gasteiger partial charge in [-0.15, -0.1) is 0 Å². The topological polar surface area (TPSA) is 57.6 Å². The Kier molecular flexibility index (Phi) is 4.80. The summed E-state index contributed by atoms with van der Waals surface area (Å²) in [5.74, 6) is 1.55. The quantitative estimate of drug-likeness (QED) is 0.631. The third-order valence-corrected chi connectivity index (χ3v) is 9.04. The first kappa shape index (κ1) is 21.4. The number of nitrogens with zero attached hydrogens (tertiary/aromatic N) is 1. The van der Waals surface area contributed by atoms with Crippen molar-refractivity contribution in [2.45, 2.75) is 64.0 Å². The summed E-state index contributed by atoms with van der Waals surface area (Å²) in [6.45, 7) is 2.37. The van der Waals surface area contributed by atoms with Crippen LogP contribution in [-0.2, 0) is 21.7 Å². The first-order chi connectivity index (χ1) is 15.8. The Morgan fingerprint density at radius 1 is 1.03 bits per heavy atom. The fourth-order valence-corrected chi connectivity index (χ4v) is 7.77. The third kappa shape index (κ3) is 3.37. The van der Waals surface area contributed by atoms with Gasteiger partial charge in [-0.05, 0) is 87.0 Å². The molecule has 4 saturated carbocycles. The van der Waals surface area contributed by atoms with Crippen molar-refractivity contribution in [3.63, 3.8) is 0 Å². The maximum Gasteiger partial charge on any atom is 0.264 e. The molecule has 1 aliphatic heterocycles. The highest BCUT2D eigenvalue weighted by atomic mass is 35.5. The van der Waals surface area contributed by atoms with Crippen LogP contribution in [0.4, 0.5) is 5.69 Å². The van der Waals surface area contributed by atoms with Crippen molar-refractivity contribution in [3.8, 4) is 0 Å². The van der Waals surface area contributed by atoms with E-state index in [4.69, 9.17) is 11.6 Å². The van der Waals surface area contributed by atoms with Gasteiger partial charge in [0.05, 0.1) is 12.2 Å². The van der Waals surface area contributed by atoms with E-state index in [1.807, 2.05) is 31.2 Å². The predicted octanol–water partition coefficient (Wildman–Crippen LogP) is 5.56. The molecule has 5 heteroatoms. The summed E-state index contributed by atoms with van der Waals surface area (Å²) in [7, 11) is 0. The van der Waals surface area contributed by atoms with E-state index in [9.17, 15) is 14.7 Å². The van der Waals surface area contributed by atoms with Crippen LogP contribution in [0, 0.1) is 30.1 Å². The summed E-state index contributed by atoms with van der Waals surface area (Å²) in [5, 5.41) is 12.3. The molecule has 0 radical (unpaired) electrons. The molecular weight excluding hydrogens is 434 g/mol. The summed E-state index contributed by atoms with van der Waals surface area (Å²) < 4.78 is 0. The van der Waals surface area contributed by atoms with E-state index in [1.165, 1.54) is 19.3 Å². The van der Waals surface area contributed by atoms with Gasteiger partial charge in [-0.3, -0.25) is 9.59 Å². The molecule has 4 bridgehead atoms. The number of amides is 1. The maximum atomic E-state index is 13.8. The molecule has 4 aliphatic carbocycles. The molecular formula is C28H30ClNO3. The molecule has 2 aromatic carbocycles. The highest BCUT2D eigenvalue weighted by Gasteiger charge is 2.58. The highest BCUT2D eigenvalue weighted by Crippen LogP contribution is 2.61. The zero-order chi connectivity index (χ0) is 23.0. The van der Waals surface area contributed by atoms with E-state index in [2.05, 4.69) is 0 Å². The monoisotopic (exact) mass is 463 g/mol. The zero-order valence-corrected chi connectivity index (χ0v) is 19.8. The summed E-state index contributed by atoms with van der Waals surface area (Å²) >= 11 is 6.29. The number of Topliss-reactive ketones (excluding diaryl/α,β-unsaturated/α-hetero) is 1. The van der Waals surface area contributed by atoms with Crippen LogP contribution in [0.2, 0.25) is 5.02 Å². The van der Waals surface area contributed by atoms with Crippen LogP contribution in [0.3, 0.4) is 0 Å². The summed E-state index contributed by atoms with van der Waals surface area (Å²) in [5.41, 5.74) is 1.03. The van der Waals surface area contributed by atoms with Crippen molar-refractivity contribution in [1.29, 1.82) is 0 Å². The van der Waals surface area contributed by atoms with E-state index >= 15 is 0 Å². The Morgan fingerprint density at radius 2 is 1.64 bits per heavy atom. The minimum absolute atomic E-state index is 0.0700. The molecule has 4 nitrogen and oxygen atoms in total. The number of fused-ring (bicyclic) bond motifs is 1. The lowest BCUT2D eigenvalue weighted by Crippen LogP contribution is -2.52. The van der Waals surface area contributed by atoms with Gasteiger partial charge in [0.1, 0.15) is 5.78 Å². The second kappa shape index (κ2) is 7.41. The number of ketones is 1. The first-order valence-electron chi connectivity index (χ1n) is 12.2. The number of aliphatic hydroxyl groups is 1. The molecule has 0 aromatic heterocycles. The number of carbonyl (C=O) groups excluding carboxylic acids is 2. The molecule has 4 fully saturated rings. The molecule has 7 rings (SSSR count). The van der Waals surface area contributed by atoms with Crippen LogP contribution < -0.4 is 4.90 Å². The number of anilines is 1. The molecule has 0 saturated heterocycles. The molecule has 33 heavy (non-hydrogen) atoms. The van der Waals surface area contributed by atoms with E-state index in [1.54, 1.807) is 23.1 Å². The molecule has 172 valence electrons. The zero-order valence-electron chi connectivity index (χ0n) is 19.0. The highest BCUT2D eigenvalue weighted by molar-refractivity contribution is 6.31. The van der Waals surface area contributed by atoms with Crippen LogP contribution in [0.1, 0.15) is 61.6 Å². The average molecular weight is 464 g/mol. The lowest BCUT2D eigenvalue weighted by Gasteiger charge is -2.56. The minimum atomic E-state index is -1.86. The number of carbonyl (C=O) groups is 2. The number of benzene rings is 2. The summed E-state index contributed by atoms with van der Waals surface area (Å²) in [6.07, 6.45) is 6.37. The first-order valence-corrected chi connectivity index (χ1v) is 12.6. The van der Waals surface area contributed by atoms with Gasteiger partial charge >= 0.3 is 0 Å².